The van der Waals surface area contributed by atoms with Gasteiger partial charge in [-0.25, -0.2) is 8.42 Å². The van der Waals surface area contributed by atoms with Gasteiger partial charge in [0.1, 0.15) is 9.84 Å². The van der Waals surface area contributed by atoms with E-state index in [0.717, 1.165) is 25.8 Å². The summed E-state index contributed by atoms with van der Waals surface area (Å²) < 4.78 is 22.2. The second-order valence-electron chi connectivity index (χ2n) is 5.60. The van der Waals surface area contributed by atoms with Crippen molar-refractivity contribution in [3.8, 4) is 0 Å². The Kier molecular flexibility index (Phi) is 6.56. The number of hydrogen-bond donors (Lipinski definition) is 1. The highest BCUT2D eigenvalue weighted by atomic mass is 32.2. The molecule has 0 saturated carbocycles. The second kappa shape index (κ2) is 6.60. The first kappa shape index (κ1) is 15.9. The Hall–Kier alpha value is -0.0900. The van der Waals surface area contributed by atoms with Gasteiger partial charge in [-0.2, -0.15) is 0 Å². The molecule has 0 bridgehead atoms. The summed E-state index contributed by atoms with van der Waals surface area (Å²) in [6, 6.07) is 0.453. The van der Waals surface area contributed by atoms with Crippen molar-refractivity contribution < 1.29 is 8.42 Å². The summed E-state index contributed by atoms with van der Waals surface area (Å²) in [5.74, 6) is 0.292. The molecule has 16 heavy (non-hydrogen) atoms. The number of rotatable bonds is 8. The second-order valence-corrected chi connectivity index (χ2v) is 7.86. The largest absolute Gasteiger partial charge is 0.314 e. The fourth-order valence-corrected chi connectivity index (χ4v) is 2.78. The van der Waals surface area contributed by atoms with Gasteiger partial charge in [-0.1, -0.05) is 20.8 Å². The minimum absolute atomic E-state index is 0.0865. The van der Waals surface area contributed by atoms with E-state index < -0.39 is 9.84 Å². The zero-order chi connectivity index (χ0) is 12.8. The molecule has 3 nitrogen and oxygen atoms in total. The molecule has 0 fully saturated rings. The molecule has 0 aromatic heterocycles. The van der Waals surface area contributed by atoms with Crippen molar-refractivity contribution in [3.63, 3.8) is 0 Å². The van der Waals surface area contributed by atoms with Gasteiger partial charge >= 0.3 is 0 Å². The van der Waals surface area contributed by atoms with Crippen LogP contribution in [0.5, 0.6) is 0 Å². The maximum absolute atomic E-state index is 11.1. The molecular formula is C12H27NO2S. The Morgan fingerprint density at radius 1 is 1.31 bits per heavy atom. The molecule has 0 aromatic rings. The molecule has 0 aliphatic rings. The lowest BCUT2D eigenvalue weighted by Crippen LogP contribution is -2.32. The van der Waals surface area contributed by atoms with E-state index in [4.69, 9.17) is 0 Å². The van der Waals surface area contributed by atoms with Gasteiger partial charge < -0.3 is 5.32 Å². The topological polar surface area (TPSA) is 46.2 Å². The average molecular weight is 249 g/mol. The minimum atomic E-state index is -2.83. The van der Waals surface area contributed by atoms with E-state index in [1.165, 1.54) is 6.26 Å². The van der Waals surface area contributed by atoms with Crippen LogP contribution in [0.2, 0.25) is 0 Å². The molecule has 1 atom stereocenters. The lowest BCUT2D eigenvalue weighted by atomic mass is 9.83. The highest BCUT2D eigenvalue weighted by molar-refractivity contribution is 7.90. The van der Waals surface area contributed by atoms with E-state index >= 15 is 0 Å². The monoisotopic (exact) mass is 249 g/mol. The predicted octanol–water partition coefficient (Wildman–Crippen LogP) is 2.23. The molecule has 0 aliphatic heterocycles. The molecule has 0 spiro atoms. The third kappa shape index (κ3) is 9.16. The van der Waals surface area contributed by atoms with E-state index in [1.54, 1.807) is 0 Å². The molecule has 0 amide bonds. The molecule has 4 heteroatoms. The molecule has 0 aliphatic carbocycles. The van der Waals surface area contributed by atoms with Crippen LogP contribution in [0.3, 0.4) is 0 Å². The number of sulfone groups is 1. The third-order valence-corrected chi connectivity index (χ3v) is 3.70. The Bertz CT molecular complexity index is 283. The summed E-state index contributed by atoms with van der Waals surface area (Å²) in [5.41, 5.74) is 0.0865. The van der Waals surface area contributed by atoms with Crippen molar-refractivity contribution in [1.29, 1.82) is 0 Å². The van der Waals surface area contributed by atoms with Crippen LogP contribution in [0.1, 0.15) is 47.0 Å². The molecular weight excluding hydrogens is 222 g/mol. The molecule has 0 aromatic carbocycles. The van der Waals surface area contributed by atoms with E-state index in [1.807, 2.05) is 0 Å². The highest BCUT2D eigenvalue weighted by Crippen LogP contribution is 2.27. The van der Waals surface area contributed by atoms with Crippen LogP contribution < -0.4 is 5.32 Å². The third-order valence-electron chi connectivity index (χ3n) is 2.75. The molecule has 0 heterocycles. The Balaban J connectivity index is 4.03. The maximum Gasteiger partial charge on any atom is 0.147 e. The maximum atomic E-state index is 11.1. The molecule has 1 N–H and O–H groups in total. The van der Waals surface area contributed by atoms with Crippen molar-refractivity contribution in [2.75, 3.05) is 18.6 Å². The fourth-order valence-electron chi connectivity index (χ4n) is 1.86. The van der Waals surface area contributed by atoms with Crippen LogP contribution in [0.4, 0.5) is 0 Å². The van der Waals surface area contributed by atoms with Gasteiger partial charge in [0.05, 0.1) is 5.75 Å². The highest BCUT2D eigenvalue weighted by Gasteiger charge is 2.22. The SMILES string of the molecule is CCCNC(C)CC(C)(C)CCS(C)(=O)=O. The summed E-state index contributed by atoms with van der Waals surface area (Å²) in [6.45, 7) is 9.63. The van der Waals surface area contributed by atoms with Gasteiger partial charge in [0.15, 0.2) is 0 Å². The average Bonchev–Trinajstić information content (AvgIpc) is 2.10. The van der Waals surface area contributed by atoms with E-state index in [0.29, 0.717) is 11.8 Å². The molecule has 0 rings (SSSR count). The minimum Gasteiger partial charge on any atom is -0.314 e. The Morgan fingerprint density at radius 3 is 2.31 bits per heavy atom. The molecule has 0 saturated heterocycles. The number of hydrogen-bond acceptors (Lipinski definition) is 3. The van der Waals surface area contributed by atoms with Crippen LogP contribution in [0, 0.1) is 5.41 Å². The van der Waals surface area contributed by atoms with Crippen molar-refractivity contribution in [2.24, 2.45) is 5.41 Å². The summed E-state index contributed by atoms with van der Waals surface area (Å²) in [7, 11) is -2.83. The Labute approximate surface area is 101 Å². The lowest BCUT2D eigenvalue weighted by Gasteiger charge is -2.28. The normalized spacial score (nSPS) is 15.1. The first-order valence-electron chi connectivity index (χ1n) is 6.07. The van der Waals surface area contributed by atoms with Crippen molar-refractivity contribution in [3.05, 3.63) is 0 Å². The Morgan fingerprint density at radius 2 is 1.88 bits per heavy atom. The van der Waals surface area contributed by atoms with Gasteiger partial charge in [-0.3, -0.25) is 0 Å². The van der Waals surface area contributed by atoms with E-state index in [-0.39, 0.29) is 5.41 Å². The quantitative estimate of drug-likeness (QED) is 0.717. The van der Waals surface area contributed by atoms with Gasteiger partial charge in [0.2, 0.25) is 0 Å². The zero-order valence-corrected chi connectivity index (χ0v) is 12.2. The van der Waals surface area contributed by atoms with Crippen molar-refractivity contribution >= 4 is 9.84 Å². The summed E-state index contributed by atoms with van der Waals surface area (Å²) in [5, 5.41) is 3.44. The lowest BCUT2D eigenvalue weighted by molar-refractivity contribution is 0.280. The van der Waals surface area contributed by atoms with Gasteiger partial charge in [-0.05, 0) is 38.1 Å². The zero-order valence-electron chi connectivity index (χ0n) is 11.3. The molecule has 98 valence electrons. The van der Waals surface area contributed by atoms with E-state index in [9.17, 15) is 8.42 Å². The predicted molar refractivity (Wildman–Crippen MR) is 70.5 cm³/mol. The smallest absolute Gasteiger partial charge is 0.147 e. The van der Waals surface area contributed by atoms with Gasteiger partial charge in [0.25, 0.3) is 0 Å². The standard InChI is InChI=1S/C12H27NO2S/c1-6-8-13-11(2)10-12(3,4)7-9-16(5,14)15/h11,13H,6-10H2,1-5H3. The molecule has 1 unspecified atom stereocenters. The van der Waals surface area contributed by atoms with Crippen molar-refractivity contribution in [1.82, 2.24) is 5.32 Å². The number of nitrogens with one attached hydrogen (secondary N) is 1. The first-order chi connectivity index (χ1) is 7.16. The van der Waals surface area contributed by atoms with Crippen LogP contribution in [-0.2, 0) is 9.84 Å². The summed E-state index contributed by atoms with van der Waals surface area (Å²) >= 11 is 0. The van der Waals surface area contributed by atoms with Crippen LogP contribution in [0.25, 0.3) is 0 Å². The van der Waals surface area contributed by atoms with Crippen molar-refractivity contribution in [2.45, 2.75) is 53.0 Å². The molecule has 0 radical (unpaired) electrons. The summed E-state index contributed by atoms with van der Waals surface area (Å²) in [4.78, 5) is 0. The van der Waals surface area contributed by atoms with Crippen LogP contribution in [-0.4, -0.2) is 33.0 Å². The van der Waals surface area contributed by atoms with E-state index in [2.05, 4.69) is 33.0 Å². The first-order valence-corrected chi connectivity index (χ1v) is 8.13. The van der Waals surface area contributed by atoms with Crippen LogP contribution >= 0.6 is 0 Å². The van der Waals surface area contributed by atoms with Crippen LogP contribution in [0.15, 0.2) is 0 Å². The van der Waals surface area contributed by atoms with Gasteiger partial charge in [0, 0.05) is 12.3 Å². The summed E-state index contributed by atoms with van der Waals surface area (Å²) in [6.07, 6.45) is 4.20. The fraction of sp³-hybridized carbons (Fsp3) is 1.00. The van der Waals surface area contributed by atoms with Gasteiger partial charge in [-0.15, -0.1) is 0 Å².